The Hall–Kier alpha value is -0.230. The molecule has 0 spiro atoms. The minimum absolute atomic E-state index is 0. The van der Waals surface area contributed by atoms with Gasteiger partial charge in [-0.05, 0) is 0 Å². The Morgan fingerprint density at radius 3 is 2.71 bits per heavy atom. The molecular formula is C10H16Cl2N4S. The van der Waals surface area contributed by atoms with Crippen molar-refractivity contribution in [2.45, 2.75) is 11.5 Å². The molecule has 17 heavy (non-hydrogen) atoms. The van der Waals surface area contributed by atoms with Crippen LogP contribution >= 0.6 is 36.6 Å². The highest BCUT2D eigenvalue weighted by molar-refractivity contribution is 7.98. The number of piperazine rings is 1. The number of thioether (sulfide) groups is 1. The van der Waals surface area contributed by atoms with Crippen molar-refractivity contribution in [2.24, 2.45) is 0 Å². The topological polar surface area (TPSA) is 41.1 Å². The van der Waals surface area contributed by atoms with E-state index in [0.717, 1.165) is 43.6 Å². The number of anilines is 1. The molecule has 96 valence electrons. The Morgan fingerprint density at radius 1 is 1.18 bits per heavy atom. The second-order valence-electron chi connectivity index (χ2n) is 3.87. The maximum Gasteiger partial charge on any atom is 0.225 e. The molecule has 3 rings (SSSR count). The van der Waals surface area contributed by atoms with Crippen molar-refractivity contribution in [2.75, 3.05) is 31.1 Å². The average molecular weight is 295 g/mol. The first-order valence-electron chi connectivity index (χ1n) is 5.32. The number of fused-ring (bicyclic) bond motifs is 1. The molecule has 4 nitrogen and oxygen atoms in total. The van der Waals surface area contributed by atoms with Crippen LogP contribution in [0.25, 0.3) is 0 Å². The number of halogens is 2. The zero-order chi connectivity index (χ0) is 10.1. The highest BCUT2D eigenvalue weighted by atomic mass is 35.5. The summed E-state index contributed by atoms with van der Waals surface area (Å²) in [6.45, 7) is 4.11. The Kier molecular flexibility index (Phi) is 5.79. The molecule has 1 aromatic rings. The molecule has 0 atom stereocenters. The van der Waals surface area contributed by atoms with Gasteiger partial charge in [0.1, 0.15) is 0 Å². The standard InChI is InChI=1S/C10H14N4S.2ClH/c1-3-14(4-2-11-1)10-12-5-8-6-15-7-9(8)13-10;;/h5,11H,1-4,6-7H2;2*1H. The fraction of sp³-hybridized carbons (Fsp3) is 0.600. The van der Waals surface area contributed by atoms with E-state index < -0.39 is 0 Å². The lowest BCUT2D eigenvalue weighted by molar-refractivity contribution is 0.579. The van der Waals surface area contributed by atoms with Crippen LogP contribution < -0.4 is 10.2 Å². The van der Waals surface area contributed by atoms with Crippen LogP contribution in [0.2, 0.25) is 0 Å². The zero-order valence-electron chi connectivity index (χ0n) is 9.39. The molecule has 7 heteroatoms. The van der Waals surface area contributed by atoms with Crippen molar-refractivity contribution < 1.29 is 0 Å². The largest absolute Gasteiger partial charge is 0.338 e. The molecule has 1 aromatic heterocycles. The van der Waals surface area contributed by atoms with E-state index in [9.17, 15) is 0 Å². The van der Waals surface area contributed by atoms with Gasteiger partial charge in [-0.25, -0.2) is 9.97 Å². The molecule has 0 bridgehead atoms. The smallest absolute Gasteiger partial charge is 0.225 e. The van der Waals surface area contributed by atoms with Gasteiger partial charge in [-0.1, -0.05) is 0 Å². The van der Waals surface area contributed by atoms with Gasteiger partial charge in [0.2, 0.25) is 5.95 Å². The minimum Gasteiger partial charge on any atom is -0.338 e. The van der Waals surface area contributed by atoms with Gasteiger partial charge in [0.05, 0.1) is 5.69 Å². The van der Waals surface area contributed by atoms with Gasteiger partial charge in [0, 0.05) is 49.4 Å². The zero-order valence-corrected chi connectivity index (χ0v) is 11.8. The molecule has 2 aliphatic heterocycles. The van der Waals surface area contributed by atoms with E-state index in [4.69, 9.17) is 0 Å². The summed E-state index contributed by atoms with van der Waals surface area (Å²) in [5.41, 5.74) is 2.56. The van der Waals surface area contributed by atoms with Crippen molar-refractivity contribution in [1.29, 1.82) is 0 Å². The summed E-state index contributed by atoms with van der Waals surface area (Å²) in [6.07, 6.45) is 2.00. The third-order valence-electron chi connectivity index (χ3n) is 2.84. The molecule has 0 radical (unpaired) electrons. The SMILES string of the molecule is Cl.Cl.c1nc(N2CCNCC2)nc2c1CSC2. The van der Waals surface area contributed by atoms with E-state index >= 15 is 0 Å². The van der Waals surface area contributed by atoms with Crippen LogP contribution in [0.1, 0.15) is 11.3 Å². The quantitative estimate of drug-likeness (QED) is 0.850. The predicted octanol–water partition coefficient (Wildman–Crippen LogP) is 1.48. The molecule has 0 saturated carbocycles. The Labute approximate surface area is 118 Å². The summed E-state index contributed by atoms with van der Waals surface area (Å²) in [5, 5.41) is 3.34. The van der Waals surface area contributed by atoms with E-state index in [0.29, 0.717) is 0 Å². The van der Waals surface area contributed by atoms with Crippen molar-refractivity contribution >= 4 is 42.5 Å². The lowest BCUT2D eigenvalue weighted by Crippen LogP contribution is -2.44. The van der Waals surface area contributed by atoms with Gasteiger partial charge >= 0.3 is 0 Å². The molecule has 0 unspecified atom stereocenters. The number of hydrogen-bond acceptors (Lipinski definition) is 5. The molecule has 1 N–H and O–H groups in total. The summed E-state index contributed by atoms with van der Waals surface area (Å²) in [5.74, 6) is 3.05. The first-order chi connectivity index (χ1) is 7.43. The number of aromatic nitrogens is 2. The van der Waals surface area contributed by atoms with Crippen LogP contribution in [0.15, 0.2) is 6.20 Å². The van der Waals surface area contributed by atoms with E-state index in [1.165, 1.54) is 11.3 Å². The minimum atomic E-state index is 0. The van der Waals surface area contributed by atoms with E-state index in [1.807, 2.05) is 18.0 Å². The number of nitrogens with zero attached hydrogens (tertiary/aromatic N) is 3. The highest BCUT2D eigenvalue weighted by Gasteiger charge is 2.17. The van der Waals surface area contributed by atoms with Gasteiger partial charge < -0.3 is 10.2 Å². The van der Waals surface area contributed by atoms with Gasteiger partial charge in [-0.3, -0.25) is 0 Å². The fourth-order valence-electron chi connectivity index (χ4n) is 1.95. The summed E-state index contributed by atoms with van der Waals surface area (Å²) in [6, 6.07) is 0. The Balaban J connectivity index is 0.000000722. The molecular weight excluding hydrogens is 279 g/mol. The Morgan fingerprint density at radius 2 is 1.94 bits per heavy atom. The summed E-state index contributed by atoms with van der Waals surface area (Å²) >= 11 is 1.92. The van der Waals surface area contributed by atoms with Crippen molar-refractivity contribution in [3.05, 3.63) is 17.5 Å². The highest BCUT2D eigenvalue weighted by Crippen LogP contribution is 2.28. The number of hydrogen-bond donors (Lipinski definition) is 1. The van der Waals surface area contributed by atoms with Crippen LogP contribution in [0, 0.1) is 0 Å². The lowest BCUT2D eigenvalue weighted by atomic mass is 10.3. The predicted molar refractivity (Wildman–Crippen MR) is 76.6 cm³/mol. The first-order valence-corrected chi connectivity index (χ1v) is 6.47. The summed E-state index contributed by atoms with van der Waals surface area (Å²) in [4.78, 5) is 11.4. The summed E-state index contributed by atoms with van der Waals surface area (Å²) < 4.78 is 0. The van der Waals surface area contributed by atoms with E-state index in [2.05, 4.69) is 20.2 Å². The number of rotatable bonds is 1. The average Bonchev–Trinajstić information content (AvgIpc) is 2.77. The molecule has 1 fully saturated rings. The van der Waals surface area contributed by atoms with Crippen LogP contribution in [0.3, 0.4) is 0 Å². The van der Waals surface area contributed by atoms with Crippen LogP contribution in [-0.4, -0.2) is 36.1 Å². The fourth-order valence-corrected chi connectivity index (χ4v) is 2.96. The van der Waals surface area contributed by atoms with Gasteiger partial charge in [0.25, 0.3) is 0 Å². The van der Waals surface area contributed by atoms with Gasteiger partial charge in [0.15, 0.2) is 0 Å². The van der Waals surface area contributed by atoms with Crippen LogP contribution in [-0.2, 0) is 11.5 Å². The third-order valence-corrected chi connectivity index (χ3v) is 3.83. The van der Waals surface area contributed by atoms with Crippen molar-refractivity contribution in [3.63, 3.8) is 0 Å². The van der Waals surface area contributed by atoms with Crippen molar-refractivity contribution in [1.82, 2.24) is 15.3 Å². The second kappa shape index (κ2) is 6.64. The molecule has 0 aliphatic carbocycles. The maximum atomic E-state index is 4.64. The van der Waals surface area contributed by atoms with Gasteiger partial charge in [-0.2, -0.15) is 11.8 Å². The summed E-state index contributed by atoms with van der Waals surface area (Å²) in [7, 11) is 0. The van der Waals surface area contributed by atoms with Gasteiger partial charge in [-0.15, -0.1) is 24.8 Å². The van der Waals surface area contributed by atoms with E-state index in [1.54, 1.807) is 0 Å². The molecule has 2 aliphatic rings. The molecule has 1 saturated heterocycles. The maximum absolute atomic E-state index is 4.64. The first kappa shape index (κ1) is 14.8. The molecule has 3 heterocycles. The molecule has 0 amide bonds. The Bertz CT molecular complexity index is 371. The third kappa shape index (κ3) is 3.16. The number of nitrogens with one attached hydrogen (secondary N) is 1. The monoisotopic (exact) mass is 294 g/mol. The lowest BCUT2D eigenvalue weighted by Gasteiger charge is -2.27. The van der Waals surface area contributed by atoms with Crippen LogP contribution in [0.5, 0.6) is 0 Å². The normalized spacial score (nSPS) is 18.0. The van der Waals surface area contributed by atoms with E-state index in [-0.39, 0.29) is 24.8 Å². The molecule has 0 aromatic carbocycles. The van der Waals surface area contributed by atoms with Crippen LogP contribution in [0.4, 0.5) is 5.95 Å². The second-order valence-corrected chi connectivity index (χ2v) is 4.86. The van der Waals surface area contributed by atoms with Crippen molar-refractivity contribution in [3.8, 4) is 0 Å².